The SMILES string of the molecule is O=C(N1CCOCC1)N1CC(c2ccc(OC(F)(F)F)cc2)CC(c2cc(-c3ccc(F)cc3F)n[nH]2)C1. The highest BCUT2D eigenvalue weighted by Crippen LogP contribution is 2.37. The third kappa shape index (κ3) is 5.90. The summed E-state index contributed by atoms with van der Waals surface area (Å²) in [6, 6.07) is 10.4. The molecule has 0 spiro atoms. The lowest BCUT2D eigenvalue weighted by molar-refractivity contribution is -0.274. The summed E-state index contributed by atoms with van der Waals surface area (Å²) in [6.45, 7) is 2.56. The summed E-state index contributed by atoms with van der Waals surface area (Å²) in [6.07, 6.45) is -4.22. The van der Waals surface area contributed by atoms with Crippen LogP contribution in [0, 0.1) is 11.6 Å². The molecule has 1 N–H and O–H groups in total. The Morgan fingerprint density at radius 2 is 1.68 bits per heavy atom. The van der Waals surface area contributed by atoms with E-state index in [-0.39, 0.29) is 29.2 Å². The number of nitrogens with zero attached hydrogens (tertiary/aromatic N) is 3. The Kier molecular flexibility index (Phi) is 7.24. The number of amides is 2. The summed E-state index contributed by atoms with van der Waals surface area (Å²) in [4.78, 5) is 16.8. The average Bonchev–Trinajstić information content (AvgIpc) is 3.38. The first-order valence-electron chi connectivity index (χ1n) is 12.1. The topological polar surface area (TPSA) is 70.7 Å². The lowest BCUT2D eigenvalue weighted by atomic mass is 9.83. The van der Waals surface area contributed by atoms with Crippen LogP contribution in [0.15, 0.2) is 48.5 Å². The number of ether oxygens (including phenoxy) is 2. The molecule has 1 aromatic heterocycles. The zero-order valence-corrected chi connectivity index (χ0v) is 20.2. The van der Waals surface area contributed by atoms with Crippen molar-refractivity contribution in [3.63, 3.8) is 0 Å². The van der Waals surface area contributed by atoms with Gasteiger partial charge in [0.2, 0.25) is 0 Å². The van der Waals surface area contributed by atoms with Gasteiger partial charge in [-0.05, 0) is 42.3 Å². The molecule has 2 unspecified atom stereocenters. The maximum Gasteiger partial charge on any atom is 0.573 e. The van der Waals surface area contributed by atoms with Crippen LogP contribution in [0.5, 0.6) is 5.75 Å². The monoisotopic (exact) mass is 536 g/mol. The maximum absolute atomic E-state index is 14.3. The minimum Gasteiger partial charge on any atom is -0.406 e. The quantitative estimate of drug-likeness (QED) is 0.461. The predicted molar refractivity (Wildman–Crippen MR) is 127 cm³/mol. The molecular weight excluding hydrogens is 511 g/mol. The van der Waals surface area contributed by atoms with Crippen molar-refractivity contribution in [3.8, 4) is 17.0 Å². The Morgan fingerprint density at radius 3 is 2.37 bits per heavy atom. The Hall–Kier alpha value is -3.67. The number of hydrogen-bond donors (Lipinski definition) is 1. The predicted octanol–water partition coefficient (Wildman–Crippen LogP) is 5.28. The Bertz CT molecular complexity index is 1270. The molecule has 12 heteroatoms. The van der Waals surface area contributed by atoms with Crippen LogP contribution in [0.25, 0.3) is 11.3 Å². The Morgan fingerprint density at radius 1 is 0.974 bits per heavy atom. The zero-order valence-electron chi connectivity index (χ0n) is 20.2. The number of carbonyl (C=O) groups is 1. The number of aromatic amines is 1. The van der Waals surface area contributed by atoms with Crippen LogP contribution in [-0.2, 0) is 4.74 Å². The average molecular weight is 537 g/mol. The first-order chi connectivity index (χ1) is 18.2. The molecule has 2 saturated heterocycles. The number of aromatic nitrogens is 2. The smallest absolute Gasteiger partial charge is 0.406 e. The summed E-state index contributed by atoms with van der Waals surface area (Å²) in [5, 5.41) is 7.15. The molecule has 0 radical (unpaired) electrons. The molecule has 2 amide bonds. The van der Waals surface area contributed by atoms with Crippen molar-refractivity contribution in [2.24, 2.45) is 0 Å². The fourth-order valence-electron chi connectivity index (χ4n) is 5.00. The molecular formula is C26H25F5N4O3. The van der Waals surface area contributed by atoms with Crippen molar-refractivity contribution in [2.45, 2.75) is 24.6 Å². The standard InChI is InChI=1S/C26H25F5N4O3/c27-19-3-6-21(22(28)12-19)24-13-23(32-33-24)18-11-17(16-1-4-20(5-2-16)38-26(29,30)31)14-35(15-18)25(36)34-7-9-37-10-8-34/h1-6,12-13,17-18H,7-11,14-15H2,(H,32,33). The number of alkyl halides is 3. The number of piperidine rings is 1. The lowest BCUT2D eigenvalue weighted by Crippen LogP contribution is -2.52. The van der Waals surface area contributed by atoms with E-state index in [9.17, 15) is 26.7 Å². The van der Waals surface area contributed by atoms with E-state index in [2.05, 4.69) is 14.9 Å². The van der Waals surface area contributed by atoms with E-state index in [0.717, 1.165) is 17.7 Å². The van der Waals surface area contributed by atoms with Gasteiger partial charge in [0.15, 0.2) is 0 Å². The van der Waals surface area contributed by atoms with Gasteiger partial charge in [-0.2, -0.15) is 5.10 Å². The number of urea groups is 1. The van der Waals surface area contributed by atoms with Crippen LogP contribution in [0.2, 0.25) is 0 Å². The third-order valence-electron chi connectivity index (χ3n) is 6.83. The number of hydrogen-bond acceptors (Lipinski definition) is 4. The fraction of sp³-hybridized carbons (Fsp3) is 0.385. The van der Waals surface area contributed by atoms with E-state index in [1.54, 1.807) is 28.0 Å². The number of halogens is 5. The molecule has 38 heavy (non-hydrogen) atoms. The van der Waals surface area contributed by atoms with Crippen molar-refractivity contribution < 1.29 is 36.2 Å². The van der Waals surface area contributed by atoms with Crippen LogP contribution < -0.4 is 4.74 Å². The van der Waals surface area contributed by atoms with Crippen molar-refractivity contribution in [3.05, 3.63) is 71.4 Å². The second kappa shape index (κ2) is 10.6. The second-order valence-corrected chi connectivity index (χ2v) is 9.37. The van der Waals surface area contributed by atoms with Gasteiger partial charge in [-0.3, -0.25) is 5.10 Å². The molecule has 0 aliphatic carbocycles. The Labute approximate surface area is 215 Å². The van der Waals surface area contributed by atoms with Gasteiger partial charge in [-0.15, -0.1) is 13.2 Å². The molecule has 2 aromatic carbocycles. The van der Waals surface area contributed by atoms with Gasteiger partial charge in [0, 0.05) is 55.3 Å². The number of morpholine rings is 1. The lowest BCUT2D eigenvalue weighted by Gasteiger charge is -2.41. The molecule has 2 fully saturated rings. The molecule has 3 heterocycles. The summed E-state index contributed by atoms with van der Waals surface area (Å²) >= 11 is 0. The van der Waals surface area contributed by atoms with Gasteiger partial charge in [0.25, 0.3) is 0 Å². The van der Waals surface area contributed by atoms with Gasteiger partial charge in [0.1, 0.15) is 17.4 Å². The van der Waals surface area contributed by atoms with Crippen molar-refractivity contribution in [2.75, 3.05) is 39.4 Å². The first-order valence-corrected chi connectivity index (χ1v) is 12.1. The van der Waals surface area contributed by atoms with Crippen molar-refractivity contribution in [1.82, 2.24) is 20.0 Å². The Balaban J connectivity index is 1.41. The number of H-pyrrole nitrogens is 1. The fourth-order valence-corrected chi connectivity index (χ4v) is 5.00. The normalized spacial score (nSPS) is 20.4. The van der Waals surface area contributed by atoms with Crippen LogP contribution in [0.3, 0.4) is 0 Å². The van der Waals surface area contributed by atoms with E-state index in [0.29, 0.717) is 57.2 Å². The van der Waals surface area contributed by atoms with Crippen LogP contribution in [0.4, 0.5) is 26.7 Å². The summed E-state index contributed by atoms with van der Waals surface area (Å²) in [5.41, 5.74) is 1.88. The third-order valence-corrected chi connectivity index (χ3v) is 6.83. The minimum atomic E-state index is -4.79. The highest BCUT2D eigenvalue weighted by molar-refractivity contribution is 5.75. The summed E-state index contributed by atoms with van der Waals surface area (Å²) in [7, 11) is 0. The van der Waals surface area contributed by atoms with E-state index in [4.69, 9.17) is 4.74 Å². The highest BCUT2D eigenvalue weighted by Gasteiger charge is 2.35. The first kappa shape index (κ1) is 26.0. The van der Waals surface area contributed by atoms with Crippen LogP contribution in [-0.4, -0.2) is 71.8 Å². The molecule has 0 saturated carbocycles. The largest absolute Gasteiger partial charge is 0.573 e. The van der Waals surface area contributed by atoms with Crippen LogP contribution in [0.1, 0.15) is 29.5 Å². The molecule has 2 aliphatic rings. The molecule has 2 atom stereocenters. The number of carbonyl (C=O) groups excluding carboxylic acids is 1. The number of nitrogens with one attached hydrogen (secondary N) is 1. The summed E-state index contributed by atoms with van der Waals surface area (Å²) in [5.74, 6) is -2.16. The molecule has 202 valence electrons. The maximum atomic E-state index is 14.3. The molecule has 0 bridgehead atoms. The van der Waals surface area contributed by atoms with Crippen molar-refractivity contribution >= 4 is 6.03 Å². The van der Waals surface area contributed by atoms with Gasteiger partial charge >= 0.3 is 12.4 Å². The van der Waals surface area contributed by atoms with E-state index in [1.807, 2.05) is 0 Å². The minimum absolute atomic E-state index is 0.141. The number of benzene rings is 2. The molecule has 7 nitrogen and oxygen atoms in total. The van der Waals surface area contributed by atoms with Crippen molar-refractivity contribution in [1.29, 1.82) is 0 Å². The molecule has 3 aromatic rings. The van der Waals surface area contributed by atoms with E-state index < -0.39 is 18.0 Å². The van der Waals surface area contributed by atoms with Gasteiger partial charge < -0.3 is 19.3 Å². The van der Waals surface area contributed by atoms with Gasteiger partial charge in [-0.1, -0.05) is 12.1 Å². The second-order valence-electron chi connectivity index (χ2n) is 9.37. The zero-order chi connectivity index (χ0) is 26.9. The number of rotatable bonds is 4. The number of likely N-dealkylation sites (tertiary alicyclic amines) is 1. The molecule has 5 rings (SSSR count). The highest BCUT2D eigenvalue weighted by atomic mass is 19.4. The summed E-state index contributed by atoms with van der Waals surface area (Å²) < 4.78 is 74.8. The van der Waals surface area contributed by atoms with Gasteiger partial charge in [-0.25, -0.2) is 13.6 Å². The van der Waals surface area contributed by atoms with Crippen LogP contribution >= 0.6 is 0 Å². The van der Waals surface area contributed by atoms with Gasteiger partial charge in [0.05, 0.1) is 18.9 Å². The molecule has 2 aliphatic heterocycles. The van der Waals surface area contributed by atoms with E-state index in [1.165, 1.54) is 18.2 Å². The van der Waals surface area contributed by atoms with E-state index >= 15 is 0 Å².